The maximum Gasteiger partial charge on any atom is 0.337 e. The number of nitrogens with two attached hydrogens (primary N) is 1. The fourth-order valence-corrected chi connectivity index (χ4v) is 3.18. The smallest absolute Gasteiger partial charge is 0.337 e. The van der Waals surface area contributed by atoms with Gasteiger partial charge < -0.3 is 29.8 Å². The normalized spacial score (nSPS) is 18.0. The first-order valence-corrected chi connectivity index (χ1v) is 8.65. The second kappa shape index (κ2) is 7.57. The van der Waals surface area contributed by atoms with Crippen LogP contribution in [-0.4, -0.2) is 18.5 Å². The first-order valence-electron chi connectivity index (χ1n) is 8.65. The zero-order valence-electron chi connectivity index (χ0n) is 16.0. The van der Waals surface area contributed by atoms with Crippen LogP contribution in [0.3, 0.4) is 0 Å². The van der Waals surface area contributed by atoms with Gasteiger partial charge in [-0.15, -0.1) is 0 Å². The Hall–Kier alpha value is -4.36. The highest BCUT2D eigenvalue weighted by atomic mass is 16.8. The summed E-state index contributed by atoms with van der Waals surface area (Å²) in [6.07, 6.45) is 0. The largest absolute Gasteiger partial charge is 0.575 e. The molecule has 0 unspecified atom stereocenters. The molecule has 0 aromatic heterocycles. The molecule has 0 bridgehead atoms. The van der Waals surface area contributed by atoms with Gasteiger partial charge in [0.2, 0.25) is 6.79 Å². The van der Waals surface area contributed by atoms with E-state index in [1.807, 2.05) is 6.07 Å². The van der Waals surface area contributed by atoms with Crippen molar-refractivity contribution in [2.24, 2.45) is 11.7 Å². The lowest BCUT2D eigenvalue weighted by Gasteiger charge is -2.41. The van der Waals surface area contributed by atoms with Crippen molar-refractivity contribution in [3.8, 4) is 29.7 Å². The summed E-state index contributed by atoms with van der Waals surface area (Å²) in [4.78, 5) is 12.7. The van der Waals surface area contributed by atoms with Crippen molar-refractivity contribution in [1.82, 2.24) is 0 Å². The number of benzene rings is 1. The van der Waals surface area contributed by atoms with Gasteiger partial charge in [0.25, 0.3) is 0 Å². The van der Waals surface area contributed by atoms with Crippen LogP contribution in [0.15, 0.2) is 41.0 Å². The Bertz CT molecular complexity index is 1080. The average Bonchev–Trinajstić information content (AvgIpc) is 3.14. The lowest BCUT2D eigenvalue weighted by atomic mass is 9.78. The zero-order valence-corrected chi connectivity index (χ0v) is 16.0. The number of nitrogens with zero attached hydrogens (tertiary/aromatic N) is 3. The number of cyclic esters (lactones) is 1. The molecule has 0 fully saturated rings. The number of ether oxygens (including phenoxy) is 4. The Morgan fingerprint density at radius 2 is 1.83 bits per heavy atom. The van der Waals surface area contributed by atoms with Crippen LogP contribution in [0.25, 0.3) is 0 Å². The summed E-state index contributed by atoms with van der Waals surface area (Å²) in [5.41, 5.74) is 4.84. The van der Waals surface area contributed by atoms with E-state index in [-0.39, 0.29) is 18.1 Å². The molecule has 0 saturated carbocycles. The van der Waals surface area contributed by atoms with E-state index in [2.05, 4.69) is 0 Å². The third-order valence-electron chi connectivity index (χ3n) is 4.50. The van der Waals surface area contributed by atoms with E-state index in [1.54, 1.807) is 18.2 Å². The van der Waals surface area contributed by atoms with Gasteiger partial charge in [-0.2, -0.15) is 15.8 Å². The molecule has 1 aromatic rings. The molecule has 10 heteroatoms. The van der Waals surface area contributed by atoms with Gasteiger partial charge in [0.05, 0.1) is 29.2 Å². The summed E-state index contributed by atoms with van der Waals surface area (Å²) < 4.78 is 20.9. The van der Waals surface area contributed by atoms with Gasteiger partial charge in [-0.05, 0) is 31.5 Å². The van der Waals surface area contributed by atoms with Gasteiger partial charge in [0.1, 0.15) is 17.7 Å². The van der Waals surface area contributed by atoms with Gasteiger partial charge in [0, 0.05) is 5.92 Å². The number of carbonyl (C=O) groups excluding carboxylic acids is 1. The van der Waals surface area contributed by atoms with Crippen LogP contribution in [-0.2, 0) is 14.3 Å². The standard InChI is InChI=1S/C20H16N4O6/c1-20(2)29-18(25)16(19(26)30-20)15(12(8-23)17(24)11(6-21)7-22)10-3-4-13-14(5-10)28-9-27-13/h3-5,12,15,25H,9,24H2,1-2H3/p-1/t12-,15+/m1/s1. The fraction of sp³-hybridized carbons (Fsp3) is 0.300. The minimum atomic E-state index is -1.49. The predicted molar refractivity (Wildman–Crippen MR) is 95.1 cm³/mol. The molecule has 10 nitrogen and oxygen atoms in total. The Morgan fingerprint density at radius 3 is 2.43 bits per heavy atom. The number of rotatable bonds is 4. The molecule has 2 aliphatic heterocycles. The highest BCUT2D eigenvalue weighted by Crippen LogP contribution is 2.43. The molecule has 2 heterocycles. The zero-order chi connectivity index (χ0) is 22.1. The number of hydrogen-bond donors (Lipinski definition) is 1. The van der Waals surface area contributed by atoms with E-state index in [4.69, 9.17) is 35.2 Å². The average molecular weight is 407 g/mol. The number of nitriles is 3. The van der Waals surface area contributed by atoms with Crippen LogP contribution >= 0.6 is 0 Å². The molecular formula is C20H15N4O6-. The second-order valence-corrected chi connectivity index (χ2v) is 6.84. The van der Waals surface area contributed by atoms with Gasteiger partial charge in [-0.1, -0.05) is 6.07 Å². The quantitative estimate of drug-likeness (QED) is 0.554. The number of carbonyl (C=O) groups is 1. The van der Waals surface area contributed by atoms with Crippen LogP contribution in [0, 0.1) is 39.9 Å². The minimum Gasteiger partial charge on any atom is -0.575 e. The first-order chi connectivity index (χ1) is 14.2. The van der Waals surface area contributed by atoms with E-state index in [9.17, 15) is 15.2 Å². The van der Waals surface area contributed by atoms with Crippen LogP contribution in [0.2, 0.25) is 0 Å². The number of hydrogen-bond acceptors (Lipinski definition) is 10. The van der Waals surface area contributed by atoms with E-state index >= 15 is 0 Å². The summed E-state index contributed by atoms with van der Waals surface area (Å²) in [6, 6.07) is 9.64. The van der Waals surface area contributed by atoms with Gasteiger partial charge in [0.15, 0.2) is 17.3 Å². The summed E-state index contributed by atoms with van der Waals surface area (Å²) in [5.74, 6) is -5.44. The van der Waals surface area contributed by atoms with Gasteiger partial charge in [-0.25, -0.2) is 4.79 Å². The molecule has 152 valence electrons. The fourth-order valence-electron chi connectivity index (χ4n) is 3.18. The van der Waals surface area contributed by atoms with E-state index in [1.165, 1.54) is 26.0 Å². The summed E-state index contributed by atoms with van der Waals surface area (Å²) >= 11 is 0. The van der Waals surface area contributed by atoms with E-state index in [0.717, 1.165) is 0 Å². The monoisotopic (exact) mass is 407 g/mol. The highest BCUT2D eigenvalue weighted by Gasteiger charge is 2.40. The highest BCUT2D eigenvalue weighted by molar-refractivity contribution is 5.91. The maximum atomic E-state index is 12.7. The molecule has 0 radical (unpaired) electrons. The lowest BCUT2D eigenvalue weighted by Crippen LogP contribution is -2.42. The molecule has 0 saturated heterocycles. The van der Waals surface area contributed by atoms with Crippen LogP contribution in [0.4, 0.5) is 0 Å². The van der Waals surface area contributed by atoms with Crippen molar-refractivity contribution < 1.29 is 28.8 Å². The molecule has 0 spiro atoms. The SMILES string of the molecule is CC1(C)OC(=O)C([C@@H](c2ccc3c(c2)OCO3)[C@@H](C#N)C(N)=C(C#N)C#N)=C([O-])O1. The lowest BCUT2D eigenvalue weighted by molar-refractivity contribution is -0.394. The molecule has 1 aromatic carbocycles. The summed E-state index contributed by atoms with van der Waals surface area (Å²) in [6.45, 7) is 2.75. The summed E-state index contributed by atoms with van der Waals surface area (Å²) in [5, 5.41) is 40.8. The number of allylic oxidation sites excluding steroid dienone is 2. The second-order valence-electron chi connectivity index (χ2n) is 6.84. The topological polar surface area (TPSA) is 174 Å². The molecule has 2 atom stereocenters. The third kappa shape index (κ3) is 3.52. The van der Waals surface area contributed by atoms with Crippen LogP contribution in [0.5, 0.6) is 11.5 Å². The predicted octanol–water partition coefficient (Wildman–Crippen LogP) is 0.780. The number of fused-ring (bicyclic) bond motifs is 1. The van der Waals surface area contributed by atoms with Gasteiger partial charge in [-0.3, -0.25) is 0 Å². The Balaban J connectivity index is 2.24. The van der Waals surface area contributed by atoms with Crippen molar-refractivity contribution in [3.63, 3.8) is 0 Å². The van der Waals surface area contributed by atoms with Crippen LogP contribution in [0.1, 0.15) is 25.3 Å². The Morgan fingerprint density at radius 1 is 1.17 bits per heavy atom. The van der Waals surface area contributed by atoms with E-state index in [0.29, 0.717) is 11.5 Å². The number of esters is 1. The maximum absolute atomic E-state index is 12.7. The van der Waals surface area contributed by atoms with Crippen molar-refractivity contribution in [2.75, 3.05) is 6.79 Å². The van der Waals surface area contributed by atoms with Crippen molar-refractivity contribution in [3.05, 3.63) is 46.6 Å². The minimum absolute atomic E-state index is 0.0188. The molecule has 30 heavy (non-hydrogen) atoms. The van der Waals surface area contributed by atoms with Crippen LogP contribution < -0.4 is 20.3 Å². The first kappa shape index (κ1) is 20.4. The Labute approximate surface area is 171 Å². The molecule has 0 aliphatic carbocycles. The van der Waals surface area contributed by atoms with Crippen molar-refractivity contribution >= 4 is 5.97 Å². The molecular weight excluding hydrogens is 392 g/mol. The molecule has 2 N–H and O–H groups in total. The van der Waals surface area contributed by atoms with Crippen molar-refractivity contribution in [2.45, 2.75) is 25.6 Å². The molecule has 0 amide bonds. The van der Waals surface area contributed by atoms with Crippen molar-refractivity contribution in [1.29, 1.82) is 15.8 Å². The molecule has 3 rings (SSSR count). The van der Waals surface area contributed by atoms with Gasteiger partial charge >= 0.3 is 5.97 Å². The Kier molecular flexibility index (Phi) is 5.14. The van der Waals surface area contributed by atoms with E-state index < -0.39 is 40.7 Å². The molecule has 2 aliphatic rings. The third-order valence-corrected chi connectivity index (χ3v) is 4.50. The summed E-state index contributed by atoms with van der Waals surface area (Å²) in [7, 11) is 0.